The van der Waals surface area contributed by atoms with Gasteiger partial charge in [-0.1, -0.05) is 6.92 Å². The number of aromatic nitrogens is 1. The molecule has 0 radical (unpaired) electrons. The summed E-state index contributed by atoms with van der Waals surface area (Å²) in [5.41, 5.74) is 1.89. The van der Waals surface area contributed by atoms with Crippen LogP contribution >= 0.6 is 11.3 Å². The van der Waals surface area contributed by atoms with Crippen molar-refractivity contribution in [3.8, 4) is 17.0 Å². The number of hydrogen-bond acceptors (Lipinski definition) is 4. The van der Waals surface area contributed by atoms with Crippen LogP contribution in [0.25, 0.3) is 11.3 Å². The van der Waals surface area contributed by atoms with Crippen LogP contribution in [-0.4, -0.2) is 18.0 Å². The van der Waals surface area contributed by atoms with Crippen molar-refractivity contribution in [3.05, 3.63) is 29.6 Å². The van der Waals surface area contributed by atoms with E-state index in [2.05, 4.69) is 17.2 Å². The molecule has 1 N–H and O–H groups in total. The molecule has 0 unspecified atom stereocenters. The topological polar surface area (TPSA) is 51.2 Å². The number of amides is 1. The number of benzene rings is 1. The van der Waals surface area contributed by atoms with E-state index in [4.69, 9.17) is 4.74 Å². The highest BCUT2D eigenvalue weighted by atomic mass is 32.1. The molecule has 2 atom stereocenters. The molecule has 0 saturated heterocycles. The minimum atomic E-state index is 0.0909. The quantitative estimate of drug-likeness (QED) is 0.938. The summed E-state index contributed by atoms with van der Waals surface area (Å²) >= 11 is 1.45. The maximum atomic E-state index is 11.9. The van der Waals surface area contributed by atoms with Gasteiger partial charge in [-0.25, -0.2) is 4.98 Å². The SMILES string of the molecule is COc1ccc(-c2csc(NC(=O)[C@H]3C[C@@H]3C)n2)cc1. The third-order valence-corrected chi connectivity index (χ3v) is 4.32. The molecular formula is C15H16N2O2S. The summed E-state index contributed by atoms with van der Waals surface area (Å²) < 4.78 is 5.13. The van der Waals surface area contributed by atoms with E-state index in [0.29, 0.717) is 11.0 Å². The first-order valence-electron chi connectivity index (χ1n) is 6.58. The molecule has 1 saturated carbocycles. The Labute approximate surface area is 121 Å². The van der Waals surface area contributed by atoms with Gasteiger partial charge in [0.15, 0.2) is 5.13 Å². The zero-order valence-corrected chi connectivity index (χ0v) is 12.2. The van der Waals surface area contributed by atoms with Gasteiger partial charge in [-0.05, 0) is 36.6 Å². The van der Waals surface area contributed by atoms with Crippen molar-refractivity contribution in [1.82, 2.24) is 4.98 Å². The van der Waals surface area contributed by atoms with Crippen LogP contribution in [-0.2, 0) is 4.79 Å². The van der Waals surface area contributed by atoms with Crippen molar-refractivity contribution in [3.63, 3.8) is 0 Å². The second-order valence-electron chi connectivity index (χ2n) is 5.08. The largest absolute Gasteiger partial charge is 0.497 e. The first kappa shape index (κ1) is 13.1. The molecule has 1 aromatic carbocycles. The normalized spacial score (nSPS) is 20.5. The lowest BCUT2D eigenvalue weighted by Crippen LogP contribution is -2.14. The van der Waals surface area contributed by atoms with E-state index in [0.717, 1.165) is 23.4 Å². The number of methoxy groups -OCH3 is 1. The number of rotatable bonds is 4. The summed E-state index contributed by atoms with van der Waals surface area (Å²) in [5, 5.41) is 5.51. The molecule has 5 heteroatoms. The van der Waals surface area contributed by atoms with Crippen LogP contribution in [0.5, 0.6) is 5.75 Å². The van der Waals surface area contributed by atoms with E-state index in [9.17, 15) is 4.79 Å². The minimum absolute atomic E-state index is 0.0909. The van der Waals surface area contributed by atoms with Gasteiger partial charge in [0.05, 0.1) is 12.8 Å². The Bertz CT molecular complexity index is 621. The Morgan fingerprint density at radius 1 is 1.40 bits per heavy atom. The maximum Gasteiger partial charge on any atom is 0.229 e. The second kappa shape index (κ2) is 5.25. The number of nitrogens with zero attached hydrogens (tertiary/aromatic N) is 1. The third-order valence-electron chi connectivity index (χ3n) is 3.57. The Balaban J connectivity index is 1.70. The molecule has 104 valence electrons. The summed E-state index contributed by atoms with van der Waals surface area (Å²) in [6, 6.07) is 7.72. The number of hydrogen-bond donors (Lipinski definition) is 1. The lowest BCUT2D eigenvalue weighted by atomic mass is 10.2. The molecule has 1 aliphatic carbocycles. The van der Waals surface area contributed by atoms with Crippen molar-refractivity contribution in [2.24, 2.45) is 11.8 Å². The first-order chi connectivity index (χ1) is 9.67. The average molecular weight is 288 g/mol. The van der Waals surface area contributed by atoms with Crippen molar-refractivity contribution in [1.29, 1.82) is 0 Å². The maximum absolute atomic E-state index is 11.9. The minimum Gasteiger partial charge on any atom is -0.497 e. The molecule has 0 spiro atoms. The van der Waals surface area contributed by atoms with Gasteiger partial charge in [0.2, 0.25) is 5.91 Å². The molecule has 20 heavy (non-hydrogen) atoms. The zero-order chi connectivity index (χ0) is 14.1. The lowest BCUT2D eigenvalue weighted by molar-refractivity contribution is -0.117. The molecule has 1 aromatic heterocycles. The standard InChI is InChI=1S/C15H16N2O2S/c1-9-7-12(9)14(18)17-15-16-13(8-20-15)10-3-5-11(19-2)6-4-10/h3-6,8-9,12H,7H2,1-2H3,(H,16,17,18)/t9-,12-/m0/s1. The van der Waals surface area contributed by atoms with E-state index < -0.39 is 0 Å². The van der Waals surface area contributed by atoms with E-state index in [1.165, 1.54) is 11.3 Å². The highest BCUT2D eigenvalue weighted by Crippen LogP contribution is 2.38. The Kier molecular flexibility index (Phi) is 3.44. The Hall–Kier alpha value is -1.88. The summed E-state index contributed by atoms with van der Waals surface area (Å²) in [5.74, 6) is 1.59. The van der Waals surface area contributed by atoms with Gasteiger partial charge in [0.25, 0.3) is 0 Å². The van der Waals surface area contributed by atoms with Crippen LogP contribution in [0.1, 0.15) is 13.3 Å². The fourth-order valence-corrected chi connectivity index (χ4v) is 2.83. The van der Waals surface area contributed by atoms with Gasteiger partial charge in [-0.2, -0.15) is 0 Å². The molecule has 1 heterocycles. The third kappa shape index (κ3) is 2.67. The smallest absolute Gasteiger partial charge is 0.229 e. The molecule has 1 aliphatic rings. The zero-order valence-electron chi connectivity index (χ0n) is 11.4. The van der Waals surface area contributed by atoms with Crippen LogP contribution < -0.4 is 10.1 Å². The van der Waals surface area contributed by atoms with E-state index in [1.807, 2.05) is 29.6 Å². The highest BCUT2D eigenvalue weighted by Gasteiger charge is 2.39. The number of carbonyl (C=O) groups is 1. The Morgan fingerprint density at radius 2 is 2.10 bits per heavy atom. The van der Waals surface area contributed by atoms with Gasteiger partial charge in [0, 0.05) is 16.9 Å². The number of carbonyl (C=O) groups excluding carboxylic acids is 1. The molecule has 4 nitrogen and oxygen atoms in total. The van der Waals surface area contributed by atoms with Gasteiger partial charge in [-0.15, -0.1) is 11.3 Å². The first-order valence-corrected chi connectivity index (χ1v) is 7.46. The van der Waals surface area contributed by atoms with Gasteiger partial charge < -0.3 is 10.1 Å². The van der Waals surface area contributed by atoms with Crippen LogP contribution in [0.2, 0.25) is 0 Å². The monoisotopic (exact) mass is 288 g/mol. The van der Waals surface area contributed by atoms with Crippen LogP contribution in [0.15, 0.2) is 29.6 Å². The molecule has 2 aromatic rings. The lowest BCUT2D eigenvalue weighted by Gasteiger charge is -2.01. The van der Waals surface area contributed by atoms with Crippen molar-refractivity contribution in [2.45, 2.75) is 13.3 Å². The number of anilines is 1. The molecule has 3 rings (SSSR count). The predicted octanol–water partition coefficient (Wildman–Crippen LogP) is 3.41. The molecule has 1 amide bonds. The van der Waals surface area contributed by atoms with E-state index in [-0.39, 0.29) is 11.8 Å². The second-order valence-corrected chi connectivity index (χ2v) is 5.93. The van der Waals surface area contributed by atoms with Crippen LogP contribution in [0.3, 0.4) is 0 Å². The number of thiazole rings is 1. The van der Waals surface area contributed by atoms with Crippen molar-refractivity contribution in [2.75, 3.05) is 12.4 Å². The molecule has 0 bridgehead atoms. The predicted molar refractivity (Wildman–Crippen MR) is 80.0 cm³/mol. The van der Waals surface area contributed by atoms with E-state index in [1.54, 1.807) is 7.11 Å². The van der Waals surface area contributed by atoms with Gasteiger partial charge in [-0.3, -0.25) is 4.79 Å². The summed E-state index contributed by atoms with van der Waals surface area (Å²) in [7, 11) is 1.64. The molecular weight excluding hydrogens is 272 g/mol. The fraction of sp³-hybridized carbons (Fsp3) is 0.333. The summed E-state index contributed by atoms with van der Waals surface area (Å²) in [6.07, 6.45) is 0.989. The number of ether oxygens (including phenoxy) is 1. The van der Waals surface area contributed by atoms with Crippen LogP contribution in [0, 0.1) is 11.8 Å². The van der Waals surface area contributed by atoms with Gasteiger partial charge in [0.1, 0.15) is 5.75 Å². The summed E-state index contributed by atoms with van der Waals surface area (Å²) in [4.78, 5) is 16.3. The van der Waals surface area contributed by atoms with Crippen LogP contribution in [0.4, 0.5) is 5.13 Å². The highest BCUT2D eigenvalue weighted by molar-refractivity contribution is 7.14. The number of nitrogens with one attached hydrogen (secondary N) is 1. The molecule has 1 fully saturated rings. The average Bonchev–Trinajstić information content (AvgIpc) is 3.02. The van der Waals surface area contributed by atoms with E-state index >= 15 is 0 Å². The molecule has 0 aliphatic heterocycles. The summed E-state index contributed by atoms with van der Waals surface area (Å²) in [6.45, 7) is 2.09. The van der Waals surface area contributed by atoms with Crippen molar-refractivity contribution < 1.29 is 9.53 Å². The van der Waals surface area contributed by atoms with Crippen molar-refractivity contribution >= 4 is 22.4 Å². The fourth-order valence-electron chi connectivity index (χ4n) is 2.11. The van der Waals surface area contributed by atoms with Gasteiger partial charge >= 0.3 is 0 Å². The Morgan fingerprint density at radius 3 is 2.70 bits per heavy atom.